The van der Waals surface area contributed by atoms with Crippen molar-refractivity contribution >= 4 is 5.96 Å². The molecule has 0 saturated carbocycles. The Kier molecular flexibility index (Phi) is 3.21. The zero-order valence-electron chi connectivity index (χ0n) is 8.63. The van der Waals surface area contributed by atoms with Crippen molar-refractivity contribution in [2.24, 2.45) is 5.73 Å². The number of nitrogens with two attached hydrogens (primary N) is 1. The molecule has 0 amide bonds. The third-order valence-electron chi connectivity index (χ3n) is 2.88. The summed E-state index contributed by atoms with van der Waals surface area (Å²) in [5.41, 5.74) is 6.14. The van der Waals surface area contributed by atoms with Crippen molar-refractivity contribution in [2.45, 2.75) is 0 Å². The fourth-order valence-electron chi connectivity index (χ4n) is 1.99. The van der Waals surface area contributed by atoms with Crippen molar-refractivity contribution in [3.05, 3.63) is 0 Å². The molecule has 2 heterocycles. The molecule has 2 fully saturated rings. The lowest BCUT2D eigenvalue weighted by Crippen LogP contribution is -2.55. The van der Waals surface area contributed by atoms with E-state index >= 15 is 0 Å². The van der Waals surface area contributed by atoms with Gasteiger partial charge in [0.1, 0.15) is 0 Å². The van der Waals surface area contributed by atoms with Gasteiger partial charge in [0.2, 0.25) is 0 Å². The van der Waals surface area contributed by atoms with Crippen molar-refractivity contribution in [1.82, 2.24) is 15.5 Å². The molecule has 5 heteroatoms. The number of piperazine rings is 2. The Balaban J connectivity index is 1.99. The average molecular weight is 198 g/mol. The van der Waals surface area contributed by atoms with Gasteiger partial charge >= 0.3 is 5.96 Å². The van der Waals surface area contributed by atoms with Crippen molar-refractivity contribution in [3.8, 4) is 0 Å². The Morgan fingerprint density at radius 2 is 1.57 bits per heavy atom. The van der Waals surface area contributed by atoms with Gasteiger partial charge in [0.15, 0.2) is 0 Å². The third-order valence-corrected chi connectivity index (χ3v) is 2.88. The molecule has 0 atom stereocenters. The highest BCUT2D eigenvalue weighted by Gasteiger charge is 2.21. The molecule has 0 radical (unpaired) electrons. The van der Waals surface area contributed by atoms with Gasteiger partial charge < -0.3 is 10.6 Å². The fraction of sp³-hybridized carbons (Fsp3) is 0.889. The summed E-state index contributed by atoms with van der Waals surface area (Å²) >= 11 is 0. The van der Waals surface area contributed by atoms with Crippen molar-refractivity contribution in [1.29, 1.82) is 0 Å². The molecule has 0 unspecified atom stereocenters. The molecule has 2 saturated heterocycles. The minimum Gasteiger partial charge on any atom is -0.310 e. The maximum Gasteiger partial charge on any atom is 0.345 e. The van der Waals surface area contributed by atoms with Gasteiger partial charge in [-0.15, -0.1) is 0 Å². The summed E-state index contributed by atoms with van der Waals surface area (Å²) in [4.78, 5) is 2.28. The molecule has 4 N–H and O–H groups in total. The van der Waals surface area contributed by atoms with Crippen LogP contribution in [0.25, 0.3) is 0 Å². The van der Waals surface area contributed by atoms with Gasteiger partial charge in [-0.2, -0.15) is 0 Å². The topological polar surface area (TPSA) is 56.3 Å². The van der Waals surface area contributed by atoms with E-state index in [9.17, 15) is 0 Å². The minimum absolute atomic E-state index is 0.966. The lowest BCUT2D eigenvalue weighted by Gasteiger charge is -2.26. The van der Waals surface area contributed by atoms with Crippen LogP contribution in [0.1, 0.15) is 0 Å². The Bertz CT molecular complexity index is 211. The van der Waals surface area contributed by atoms with Crippen molar-refractivity contribution in [2.75, 3.05) is 52.4 Å². The van der Waals surface area contributed by atoms with E-state index in [1.807, 2.05) is 0 Å². The van der Waals surface area contributed by atoms with E-state index in [1.54, 1.807) is 0 Å². The zero-order valence-corrected chi connectivity index (χ0v) is 8.63. The molecule has 2 aliphatic heterocycles. The molecule has 0 aromatic carbocycles. The lowest BCUT2D eigenvalue weighted by molar-refractivity contribution is -0.538. The van der Waals surface area contributed by atoms with Gasteiger partial charge in [0, 0.05) is 26.2 Å². The third kappa shape index (κ3) is 2.16. The molecule has 2 aliphatic rings. The molecule has 0 aliphatic carbocycles. The second-order valence-electron chi connectivity index (χ2n) is 3.83. The average Bonchev–Trinajstić information content (AvgIpc) is 2.30. The molecular formula is C9H20N5+. The first-order chi connectivity index (χ1) is 6.88. The summed E-state index contributed by atoms with van der Waals surface area (Å²) in [5.74, 6) is 0.966. The Morgan fingerprint density at radius 1 is 1.00 bits per heavy atom. The minimum atomic E-state index is 0.966. The van der Waals surface area contributed by atoms with Gasteiger partial charge in [-0.1, -0.05) is 0 Å². The first kappa shape index (κ1) is 9.73. The van der Waals surface area contributed by atoms with Crippen LogP contribution in [-0.4, -0.2) is 67.8 Å². The van der Waals surface area contributed by atoms with Crippen LogP contribution in [0.15, 0.2) is 0 Å². The van der Waals surface area contributed by atoms with Crippen LogP contribution < -0.4 is 16.4 Å². The van der Waals surface area contributed by atoms with Gasteiger partial charge in [0.25, 0.3) is 0 Å². The van der Waals surface area contributed by atoms with Crippen molar-refractivity contribution in [3.63, 3.8) is 0 Å². The first-order valence-electron chi connectivity index (χ1n) is 5.42. The Morgan fingerprint density at radius 3 is 2.21 bits per heavy atom. The van der Waals surface area contributed by atoms with Crippen molar-refractivity contribution < 1.29 is 4.58 Å². The van der Waals surface area contributed by atoms with Crippen LogP contribution in [0, 0.1) is 0 Å². The van der Waals surface area contributed by atoms with E-state index in [-0.39, 0.29) is 0 Å². The number of hydrogen-bond donors (Lipinski definition) is 3. The summed E-state index contributed by atoms with van der Waals surface area (Å²) in [7, 11) is 0. The van der Waals surface area contributed by atoms with E-state index in [4.69, 9.17) is 5.73 Å². The number of rotatable bonds is 0. The molecule has 0 aromatic rings. The van der Waals surface area contributed by atoms with E-state index in [2.05, 4.69) is 20.1 Å². The number of nitrogens with zero attached hydrogens (tertiary/aromatic N) is 2. The summed E-state index contributed by atoms with van der Waals surface area (Å²) in [6.07, 6.45) is 0. The fourth-order valence-corrected chi connectivity index (χ4v) is 1.99. The smallest absolute Gasteiger partial charge is 0.310 e. The van der Waals surface area contributed by atoms with Gasteiger partial charge in [-0.25, -0.2) is 0 Å². The van der Waals surface area contributed by atoms with Crippen LogP contribution in [0.4, 0.5) is 0 Å². The molecule has 80 valence electrons. The van der Waals surface area contributed by atoms with Gasteiger partial charge in [-0.3, -0.25) is 15.2 Å². The maximum absolute atomic E-state index is 6.14. The first-order valence-corrected chi connectivity index (χ1v) is 5.42. The second-order valence-corrected chi connectivity index (χ2v) is 3.83. The predicted octanol–water partition coefficient (Wildman–Crippen LogP) is -2.18. The predicted molar refractivity (Wildman–Crippen MR) is 56.5 cm³/mol. The van der Waals surface area contributed by atoms with E-state index in [1.165, 1.54) is 0 Å². The van der Waals surface area contributed by atoms with E-state index in [0.29, 0.717) is 0 Å². The lowest BCUT2D eigenvalue weighted by atomic mass is 10.3. The quantitative estimate of drug-likeness (QED) is 0.306. The summed E-state index contributed by atoms with van der Waals surface area (Å²) in [5, 5.41) is 6.66. The largest absolute Gasteiger partial charge is 0.345 e. The molecular weight excluding hydrogens is 178 g/mol. The molecule has 0 spiro atoms. The highest BCUT2D eigenvalue weighted by Crippen LogP contribution is 1.93. The number of hydrogen-bond acceptors (Lipinski definition) is 2. The molecule has 14 heavy (non-hydrogen) atoms. The molecule has 2 rings (SSSR count). The SMILES string of the molecule is NC(N1CCNCC1)=[N+]1CCNCC1. The van der Waals surface area contributed by atoms with E-state index < -0.39 is 0 Å². The molecule has 5 nitrogen and oxygen atoms in total. The van der Waals surface area contributed by atoms with Gasteiger partial charge in [0.05, 0.1) is 26.2 Å². The summed E-state index contributed by atoms with van der Waals surface area (Å²) in [6.45, 7) is 8.34. The standard InChI is InChI=1S/C9H19N5/c10-9(13-5-1-11-2-6-13)14-7-3-12-4-8-14/h10-12H,1-8H2/p+1. The highest BCUT2D eigenvalue weighted by atomic mass is 15.3. The van der Waals surface area contributed by atoms with Crippen LogP contribution in [0.5, 0.6) is 0 Å². The van der Waals surface area contributed by atoms with Crippen LogP contribution in [0.2, 0.25) is 0 Å². The normalized spacial score (nSPS) is 23.7. The second kappa shape index (κ2) is 4.61. The summed E-state index contributed by atoms with van der Waals surface area (Å²) in [6, 6.07) is 0. The Labute approximate surface area is 85.0 Å². The number of guanidine groups is 1. The van der Waals surface area contributed by atoms with E-state index in [0.717, 1.165) is 58.3 Å². The summed E-state index contributed by atoms with van der Waals surface area (Å²) < 4.78 is 2.28. The van der Waals surface area contributed by atoms with Crippen LogP contribution in [-0.2, 0) is 0 Å². The molecule has 0 bridgehead atoms. The monoisotopic (exact) mass is 198 g/mol. The van der Waals surface area contributed by atoms with Crippen LogP contribution >= 0.6 is 0 Å². The Hall–Kier alpha value is -0.810. The highest BCUT2D eigenvalue weighted by molar-refractivity contribution is 5.73. The maximum atomic E-state index is 6.14. The molecule has 0 aromatic heterocycles. The zero-order chi connectivity index (χ0) is 9.80. The number of nitrogens with one attached hydrogen (secondary N) is 2. The van der Waals surface area contributed by atoms with Crippen LogP contribution in [0.3, 0.4) is 0 Å². The van der Waals surface area contributed by atoms with Gasteiger partial charge in [-0.05, 0) is 0 Å².